The Balaban J connectivity index is 1.54. The minimum Gasteiger partial charge on any atom is -0.392 e. The summed E-state index contributed by atoms with van der Waals surface area (Å²) in [7, 11) is 0. The van der Waals surface area contributed by atoms with Crippen LogP contribution in [0.25, 0.3) is 0 Å². The first-order chi connectivity index (χ1) is 11.2. The maximum atomic E-state index is 12.2. The number of fused-ring (bicyclic) bond motifs is 1. The number of benzene rings is 1. The Labute approximate surface area is 138 Å². The van der Waals surface area contributed by atoms with E-state index in [0.29, 0.717) is 6.42 Å². The molecule has 0 saturated carbocycles. The first-order valence-electron chi connectivity index (χ1n) is 8.78. The Kier molecular flexibility index (Phi) is 4.99. The van der Waals surface area contributed by atoms with Gasteiger partial charge in [0, 0.05) is 6.42 Å². The summed E-state index contributed by atoms with van der Waals surface area (Å²) in [4.78, 5) is 17.5. The number of nitrogens with one attached hydrogen (secondary N) is 1. The molecule has 3 rings (SSSR count). The van der Waals surface area contributed by atoms with Gasteiger partial charge in [-0.05, 0) is 55.7 Å². The van der Waals surface area contributed by atoms with Gasteiger partial charge in [-0.2, -0.15) is 0 Å². The van der Waals surface area contributed by atoms with E-state index in [1.54, 1.807) is 0 Å². The molecule has 124 valence electrons. The van der Waals surface area contributed by atoms with Crippen LogP contribution in [0.3, 0.4) is 0 Å². The predicted octanol–water partition coefficient (Wildman–Crippen LogP) is 3.69. The largest absolute Gasteiger partial charge is 0.392 e. The molecule has 1 aliphatic carbocycles. The summed E-state index contributed by atoms with van der Waals surface area (Å²) >= 11 is 0. The second kappa shape index (κ2) is 7.16. The van der Waals surface area contributed by atoms with Crippen molar-refractivity contribution in [3.05, 3.63) is 34.9 Å². The highest BCUT2D eigenvalue weighted by Gasteiger charge is 2.23. The molecule has 1 aromatic rings. The molecule has 0 aromatic heterocycles. The topological polar surface area (TPSA) is 50.7 Å². The van der Waals surface area contributed by atoms with Crippen LogP contribution < -0.4 is 5.32 Å². The Bertz CT molecular complexity index is 609. The Morgan fingerprint density at radius 3 is 2.87 bits per heavy atom. The lowest BCUT2D eigenvalue weighted by atomic mass is 9.89. The molecule has 0 fully saturated rings. The number of hydrogen-bond acceptors (Lipinski definition) is 3. The third kappa shape index (κ3) is 3.92. The average Bonchev–Trinajstić information content (AvgIpc) is 3.01. The predicted molar refractivity (Wildman–Crippen MR) is 91.5 cm³/mol. The molecule has 0 saturated heterocycles. The van der Waals surface area contributed by atoms with Crippen LogP contribution in [0.4, 0.5) is 0 Å². The van der Waals surface area contributed by atoms with E-state index in [1.807, 2.05) is 6.92 Å². The van der Waals surface area contributed by atoms with Crippen molar-refractivity contribution in [2.75, 3.05) is 0 Å². The Hall–Kier alpha value is -1.84. The summed E-state index contributed by atoms with van der Waals surface area (Å²) in [5.74, 6) is 0.0350. The molecule has 2 aliphatic rings. The summed E-state index contributed by atoms with van der Waals surface area (Å²) in [5, 5.41) is 7.10. The van der Waals surface area contributed by atoms with Gasteiger partial charge < -0.3 is 10.2 Å². The summed E-state index contributed by atoms with van der Waals surface area (Å²) in [6, 6.07) is 6.68. The molecule has 1 amide bonds. The fourth-order valence-electron chi connectivity index (χ4n) is 3.42. The van der Waals surface area contributed by atoms with Crippen molar-refractivity contribution in [2.45, 2.75) is 70.9 Å². The zero-order chi connectivity index (χ0) is 16.2. The standard InChI is InChI=1S/C19H26N2O2/c1-3-17-11-18(23-21-17)12-19(22)20-13(2)15-9-8-14-6-4-5-7-16(14)10-15/h8-10,13,18H,3-7,11-12H2,1-2H3,(H,20,22). The van der Waals surface area contributed by atoms with Crippen molar-refractivity contribution in [1.29, 1.82) is 0 Å². The van der Waals surface area contributed by atoms with Gasteiger partial charge >= 0.3 is 0 Å². The van der Waals surface area contributed by atoms with Crippen LogP contribution in [-0.2, 0) is 22.5 Å². The van der Waals surface area contributed by atoms with Gasteiger partial charge in [0.15, 0.2) is 0 Å². The summed E-state index contributed by atoms with van der Waals surface area (Å²) in [6.45, 7) is 4.11. The normalized spacial score (nSPS) is 21.1. The van der Waals surface area contributed by atoms with Gasteiger partial charge in [-0.25, -0.2) is 0 Å². The number of nitrogens with zero attached hydrogens (tertiary/aromatic N) is 1. The van der Waals surface area contributed by atoms with E-state index < -0.39 is 0 Å². The van der Waals surface area contributed by atoms with Gasteiger partial charge in [0.2, 0.25) is 5.91 Å². The van der Waals surface area contributed by atoms with Crippen molar-refractivity contribution in [3.8, 4) is 0 Å². The zero-order valence-corrected chi connectivity index (χ0v) is 14.1. The lowest BCUT2D eigenvalue weighted by molar-refractivity contribution is -0.124. The monoisotopic (exact) mass is 314 g/mol. The van der Waals surface area contributed by atoms with E-state index >= 15 is 0 Å². The highest BCUT2D eigenvalue weighted by atomic mass is 16.6. The highest BCUT2D eigenvalue weighted by molar-refractivity contribution is 5.86. The third-order valence-electron chi connectivity index (χ3n) is 4.87. The lowest BCUT2D eigenvalue weighted by Crippen LogP contribution is -2.30. The van der Waals surface area contributed by atoms with Crippen LogP contribution in [0.2, 0.25) is 0 Å². The number of carbonyl (C=O) groups is 1. The number of rotatable bonds is 5. The van der Waals surface area contributed by atoms with Gasteiger partial charge in [0.1, 0.15) is 6.10 Å². The first-order valence-corrected chi connectivity index (χ1v) is 8.78. The van der Waals surface area contributed by atoms with Crippen LogP contribution in [-0.4, -0.2) is 17.7 Å². The highest BCUT2D eigenvalue weighted by Crippen LogP contribution is 2.25. The van der Waals surface area contributed by atoms with Crippen molar-refractivity contribution in [1.82, 2.24) is 5.32 Å². The van der Waals surface area contributed by atoms with Gasteiger partial charge in [-0.15, -0.1) is 0 Å². The minimum absolute atomic E-state index is 0.0303. The molecule has 2 atom stereocenters. The van der Waals surface area contributed by atoms with E-state index in [-0.39, 0.29) is 18.1 Å². The molecule has 23 heavy (non-hydrogen) atoms. The van der Waals surface area contributed by atoms with Crippen LogP contribution in [0.1, 0.15) is 68.7 Å². The minimum atomic E-state index is -0.0966. The molecule has 1 heterocycles. The smallest absolute Gasteiger partial charge is 0.224 e. The summed E-state index contributed by atoms with van der Waals surface area (Å²) in [5.41, 5.74) is 5.17. The average molecular weight is 314 g/mol. The van der Waals surface area contributed by atoms with E-state index in [0.717, 1.165) is 25.0 Å². The maximum Gasteiger partial charge on any atom is 0.224 e. The summed E-state index contributed by atoms with van der Waals surface area (Å²) in [6.07, 6.45) is 6.87. The number of amides is 1. The SMILES string of the molecule is CCC1=NOC(CC(=O)NC(C)c2ccc3c(c2)CCCC3)C1. The van der Waals surface area contributed by atoms with Gasteiger partial charge in [-0.3, -0.25) is 4.79 Å². The van der Waals surface area contributed by atoms with Gasteiger partial charge in [0.25, 0.3) is 0 Å². The summed E-state index contributed by atoms with van der Waals surface area (Å²) < 4.78 is 0. The van der Waals surface area contributed by atoms with Crippen molar-refractivity contribution >= 4 is 11.6 Å². The van der Waals surface area contributed by atoms with E-state index in [1.165, 1.54) is 36.0 Å². The quantitative estimate of drug-likeness (QED) is 0.901. The van der Waals surface area contributed by atoms with E-state index in [4.69, 9.17) is 4.84 Å². The van der Waals surface area contributed by atoms with Crippen molar-refractivity contribution < 1.29 is 9.63 Å². The van der Waals surface area contributed by atoms with Gasteiger partial charge in [0.05, 0.1) is 18.2 Å². The zero-order valence-electron chi connectivity index (χ0n) is 14.1. The fourth-order valence-corrected chi connectivity index (χ4v) is 3.42. The van der Waals surface area contributed by atoms with E-state index in [2.05, 4.69) is 35.6 Å². The van der Waals surface area contributed by atoms with Crippen molar-refractivity contribution in [2.24, 2.45) is 5.16 Å². The molecule has 2 unspecified atom stereocenters. The molecule has 0 radical (unpaired) electrons. The third-order valence-corrected chi connectivity index (χ3v) is 4.87. The lowest BCUT2D eigenvalue weighted by Gasteiger charge is -2.20. The molecular formula is C19H26N2O2. The van der Waals surface area contributed by atoms with Crippen LogP contribution in [0, 0.1) is 0 Å². The number of aryl methyl sites for hydroxylation is 2. The maximum absolute atomic E-state index is 12.2. The number of carbonyl (C=O) groups excluding carboxylic acids is 1. The van der Waals surface area contributed by atoms with Gasteiger partial charge in [-0.1, -0.05) is 30.3 Å². The second-order valence-corrected chi connectivity index (χ2v) is 6.67. The second-order valence-electron chi connectivity index (χ2n) is 6.67. The molecule has 0 spiro atoms. The Morgan fingerprint density at radius 2 is 2.13 bits per heavy atom. The Morgan fingerprint density at radius 1 is 1.35 bits per heavy atom. The number of hydrogen-bond donors (Lipinski definition) is 1. The fraction of sp³-hybridized carbons (Fsp3) is 0.579. The van der Waals surface area contributed by atoms with Crippen molar-refractivity contribution in [3.63, 3.8) is 0 Å². The molecular weight excluding hydrogens is 288 g/mol. The molecule has 1 aromatic carbocycles. The van der Waals surface area contributed by atoms with E-state index in [9.17, 15) is 4.79 Å². The van der Waals surface area contributed by atoms with Crippen LogP contribution >= 0.6 is 0 Å². The van der Waals surface area contributed by atoms with Crippen LogP contribution in [0.5, 0.6) is 0 Å². The molecule has 4 nitrogen and oxygen atoms in total. The molecule has 1 aliphatic heterocycles. The molecule has 0 bridgehead atoms. The van der Waals surface area contributed by atoms with Crippen LogP contribution in [0.15, 0.2) is 23.4 Å². The number of oxime groups is 1. The molecule has 1 N–H and O–H groups in total. The molecule has 4 heteroatoms. The first kappa shape index (κ1) is 16.0.